The fourth-order valence-electron chi connectivity index (χ4n) is 3.27. The highest BCUT2D eigenvalue weighted by atomic mass is 16.2. The van der Waals surface area contributed by atoms with Crippen molar-refractivity contribution in [1.82, 2.24) is 4.90 Å². The largest absolute Gasteiger partial charge is 0.351 e. The van der Waals surface area contributed by atoms with E-state index in [1.165, 1.54) is 11.1 Å². The maximum Gasteiger partial charge on any atom is 0.316 e. The fourth-order valence-corrected chi connectivity index (χ4v) is 3.27. The third-order valence-corrected chi connectivity index (χ3v) is 4.32. The molecule has 0 bridgehead atoms. The first-order valence-electron chi connectivity index (χ1n) is 8.08. The molecule has 1 aliphatic heterocycles. The first-order chi connectivity index (χ1) is 11.5. The maximum atomic E-state index is 12.9. The lowest BCUT2D eigenvalue weighted by molar-refractivity contribution is 0.0735. The van der Waals surface area contributed by atoms with E-state index in [1.54, 1.807) is 24.3 Å². The number of hydrogen-bond donors (Lipinski definition) is 2. The Morgan fingerprint density at radius 1 is 1.17 bits per heavy atom. The van der Waals surface area contributed by atoms with Crippen LogP contribution >= 0.6 is 0 Å². The van der Waals surface area contributed by atoms with Crippen molar-refractivity contribution in [3.8, 4) is 0 Å². The lowest BCUT2D eigenvalue weighted by Gasteiger charge is -2.25. The van der Waals surface area contributed by atoms with E-state index in [-0.39, 0.29) is 11.9 Å². The van der Waals surface area contributed by atoms with E-state index < -0.39 is 6.03 Å². The average Bonchev–Trinajstić information content (AvgIpc) is 3.03. The van der Waals surface area contributed by atoms with E-state index in [4.69, 9.17) is 5.73 Å². The van der Waals surface area contributed by atoms with Crippen LogP contribution in [0.3, 0.4) is 0 Å². The summed E-state index contributed by atoms with van der Waals surface area (Å²) in [6.45, 7) is 2.80. The number of carbonyl (C=O) groups is 2. The molecule has 124 valence electrons. The highest BCUT2D eigenvalue weighted by Gasteiger charge is 2.30. The van der Waals surface area contributed by atoms with Gasteiger partial charge < -0.3 is 16.0 Å². The van der Waals surface area contributed by atoms with Crippen LogP contribution in [0.1, 0.15) is 40.4 Å². The maximum absolute atomic E-state index is 12.9. The summed E-state index contributed by atoms with van der Waals surface area (Å²) in [5.74, 6) is -0.0212. The van der Waals surface area contributed by atoms with Gasteiger partial charge in [-0.05, 0) is 43.5 Å². The van der Waals surface area contributed by atoms with E-state index in [1.807, 2.05) is 11.0 Å². The van der Waals surface area contributed by atoms with Gasteiger partial charge in [0.2, 0.25) is 0 Å². The molecule has 1 aliphatic rings. The highest BCUT2D eigenvalue weighted by Crippen LogP contribution is 2.33. The molecule has 0 saturated carbocycles. The standard InChI is InChI=1S/C19H21N3O2/c1-13-5-2-6-14(11-13)17-9-4-10-22(17)18(23)15-7-3-8-16(12-15)21-19(20)24/h2-3,5-8,11-12,17H,4,9-10H2,1H3,(H3,20,21,24). The fraction of sp³-hybridized carbons (Fsp3) is 0.263. The van der Waals surface area contributed by atoms with Gasteiger partial charge in [0.15, 0.2) is 0 Å². The molecule has 0 aliphatic carbocycles. The van der Waals surface area contributed by atoms with Gasteiger partial charge >= 0.3 is 6.03 Å². The number of carbonyl (C=O) groups excluding carboxylic acids is 2. The molecule has 3 rings (SSSR count). The molecule has 5 nitrogen and oxygen atoms in total. The number of urea groups is 1. The third-order valence-electron chi connectivity index (χ3n) is 4.32. The zero-order chi connectivity index (χ0) is 17.1. The summed E-state index contributed by atoms with van der Waals surface area (Å²) in [5.41, 5.74) is 8.59. The molecule has 1 saturated heterocycles. The highest BCUT2D eigenvalue weighted by molar-refractivity contribution is 5.97. The molecule has 1 unspecified atom stereocenters. The van der Waals surface area contributed by atoms with E-state index >= 15 is 0 Å². The van der Waals surface area contributed by atoms with Gasteiger partial charge in [-0.1, -0.05) is 35.9 Å². The predicted molar refractivity (Wildman–Crippen MR) is 93.8 cm³/mol. The second-order valence-corrected chi connectivity index (χ2v) is 6.14. The topological polar surface area (TPSA) is 75.4 Å². The van der Waals surface area contributed by atoms with Crippen LogP contribution in [0.4, 0.5) is 10.5 Å². The number of rotatable bonds is 3. The predicted octanol–water partition coefficient (Wildman–Crippen LogP) is 3.46. The van der Waals surface area contributed by atoms with Crippen molar-refractivity contribution in [3.05, 3.63) is 65.2 Å². The van der Waals surface area contributed by atoms with Gasteiger partial charge in [0.1, 0.15) is 0 Å². The van der Waals surface area contributed by atoms with Crippen LogP contribution in [-0.4, -0.2) is 23.4 Å². The Hall–Kier alpha value is -2.82. The first-order valence-corrected chi connectivity index (χ1v) is 8.08. The number of likely N-dealkylation sites (tertiary alicyclic amines) is 1. The molecular weight excluding hydrogens is 302 g/mol. The summed E-state index contributed by atoms with van der Waals surface area (Å²) in [4.78, 5) is 25.8. The molecule has 0 radical (unpaired) electrons. The van der Waals surface area contributed by atoms with E-state index in [9.17, 15) is 9.59 Å². The quantitative estimate of drug-likeness (QED) is 0.907. The van der Waals surface area contributed by atoms with E-state index in [2.05, 4.69) is 30.4 Å². The van der Waals surface area contributed by atoms with Crippen molar-refractivity contribution < 1.29 is 9.59 Å². The van der Waals surface area contributed by atoms with Crippen molar-refractivity contribution in [2.24, 2.45) is 5.73 Å². The zero-order valence-corrected chi connectivity index (χ0v) is 13.7. The van der Waals surface area contributed by atoms with Crippen LogP contribution in [-0.2, 0) is 0 Å². The number of nitrogens with two attached hydrogens (primary N) is 1. The summed E-state index contributed by atoms with van der Waals surface area (Å²) < 4.78 is 0. The summed E-state index contributed by atoms with van der Waals surface area (Å²) in [6, 6.07) is 14.7. The number of hydrogen-bond acceptors (Lipinski definition) is 2. The van der Waals surface area contributed by atoms with E-state index in [0.717, 1.165) is 19.4 Å². The molecule has 0 spiro atoms. The molecular formula is C19H21N3O2. The van der Waals surface area contributed by atoms with Crippen LogP contribution in [0.15, 0.2) is 48.5 Å². The van der Waals surface area contributed by atoms with Gasteiger partial charge in [0, 0.05) is 17.8 Å². The van der Waals surface area contributed by atoms with Gasteiger partial charge in [0.25, 0.3) is 5.91 Å². The zero-order valence-electron chi connectivity index (χ0n) is 13.7. The number of amides is 3. The van der Waals surface area contributed by atoms with Crippen molar-refractivity contribution in [3.63, 3.8) is 0 Å². The molecule has 1 heterocycles. The van der Waals surface area contributed by atoms with Gasteiger partial charge in [-0.3, -0.25) is 4.79 Å². The lowest BCUT2D eigenvalue weighted by atomic mass is 10.0. The van der Waals surface area contributed by atoms with Gasteiger partial charge in [-0.15, -0.1) is 0 Å². The minimum atomic E-state index is -0.640. The van der Waals surface area contributed by atoms with Crippen molar-refractivity contribution in [2.75, 3.05) is 11.9 Å². The molecule has 2 aromatic rings. The Bertz CT molecular complexity index is 773. The minimum absolute atomic E-state index is 0.0212. The number of aryl methyl sites for hydroxylation is 1. The Morgan fingerprint density at radius 2 is 1.96 bits per heavy atom. The monoisotopic (exact) mass is 323 g/mol. The average molecular weight is 323 g/mol. The van der Waals surface area contributed by atoms with Crippen molar-refractivity contribution in [1.29, 1.82) is 0 Å². The second-order valence-electron chi connectivity index (χ2n) is 6.14. The van der Waals surface area contributed by atoms with Gasteiger partial charge in [-0.2, -0.15) is 0 Å². The Morgan fingerprint density at radius 3 is 2.71 bits per heavy atom. The van der Waals surface area contributed by atoms with Gasteiger partial charge in [-0.25, -0.2) is 4.79 Å². The normalized spacial score (nSPS) is 16.9. The molecule has 1 atom stereocenters. The third kappa shape index (κ3) is 3.40. The second kappa shape index (κ2) is 6.74. The number of nitrogens with one attached hydrogen (secondary N) is 1. The SMILES string of the molecule is Cc1cccc(C2CCCN2C(=O)c2cccc(NC(N)=O)c2)c1. The molecule has 2 aromatic carbocycles. The number of anilines is 1. The summed E-state index contributed by atoms with van der Waals surface area (Å²) >= 11 is 0. The van der Waals surface area contributed by atoms with Crippen LogP contribution < -0.4 is 11.1 Å². The molecule has 3 N–H and O–H groups in total. The summed E-state index contributed by atoms with van der Waals surface area (Å²) in [6.07, 6.45) is 1.96. The molecule has 0 aromatic heterocycles. The van der Waals surface area contributed by atoms with Crippen LogP contribution in [0.5, 0.6) is 0 Å². The Balaban J connectivity index is 1.85. The van der Waals surface area contributed by atoms with E-state index in [0.29, 0.717) is 11.3 Å². The summed E-state index contributed by atoms with van der Waals surface area (Å²) in [5, 5.41) is 2.51. The van der Waals surface area contributed by atoms with Crippen molar-refractivity contribution in [2.45, 2.75) is 25.8 Å². The molecule has 24 heavy (non-hydrogen) atoms. The molecule has 1 fully saturated rings. The molecule has 5 heteroatoms. The van der Waals surface area contributed by atoms with Crippen LogP contribution in [0.2, 0.25) is 0 Å². The van der Waals surface area contributed by atoms with Crippen molar-refractivity contribution >= 4 is 17.6 Å². The summed E-state index contributed by atoms with van der Waals surface area (Å²) in [7, 11) is 0. The Labute approximate surface area is 141 Å². The number of benzene rings is 2. The molecule has 3 amide bonds. The lowest BCUT2D eigenvalue weighted by Crippen LogP contribution is -2.30. The van der Waals surface area contributed by atoms with Crippen LogP contribution in [0, 0.1) is 6.92 Å². The van der Waals surface area contributed by atoms with Crippen LogP contribution in [0.25, 0.3) is 0 Å². The number of nitrogens with zero attached hydrogens (tertiary/aromatic N) is 1. The Kier molecular flexibility index (Phi) is 4.51. The number of primary amides is 1. The smallest absolute Gasteiger partial charge is 0.316 e. The first kappa shape index (κ1) is 16.1. The van der Waals surface area contributed by atoms with Gasteiger partial charge in [0.05, 0.1) is 6.04 Å². The minimum Gasteiger partial charge on any atom is -0.351 e.